The van der Waals surface area contributed by atoms with Crippen molar-refractivity contribution in [2.75, 3.05) is 37.0 Å². The molecular formula is C24H24N6O5S. The van der Waals surface area contributed by atoms with E-state index in [1.807, 2.05) is 0 Å². The number of pyridine rings is 2. The fraction of sp³-hybridized carbons (Fsp3) is 0.333. The minimum atomic E-state index is -3.20. The molecule has 0 spiro atoms. The van der Waals surface area contributed by atoms with E-state index in [1.54, 1.807) is 43.7 Å². The zero-order chi connectivity index (χ0) is 25.0. The van der Waals surface area contributed by atoms with Crippen LogP contribution in [0, 0.1) is 5.92 Å². The van der Waals surface area contributed by atoms with Crippen molar-refractivity contribution in [2.45, 2.75) is 18.9 Å². The van der Waals surface area contributed by atoms with E-state index in [0.717, 1.165) is 23.6 Å². The molecule has 6 rings (SSSR count). The van der Waals surface area contributed by atoms with E-state index in [0.29, 0.717) is 53.0 Å². The molecule has 2 fully saturated rings. The van der Waals surface area contributed by atoms with Crippen LogP contribution in [0.15, 0.2) is 41.1 Å². The van der Waals surface area contributed by atoms with Crippen LogP contribution in [0.4, 0.5) is 11.6 Å². The van der Waals surface area contributed by atoms with E-state index in [1.165, 1.54) is 10.6 Å². The first-order valence-corrected chi connectivity index (χ1v) is 13.4. The van der Waals surface area contributed by atoms with Gasteiger partial charge >= 0.3 is 0 Å². The van der Waals surface area contributed by atoms with Gasteiger partial charge in [-0.1, -0.05) is 0 Å². The first kappa shape index (κ1) is 22.7. The Morgan fingerprint density at radius 3 is 2.67 bits per heavy atom. The third-order valence-electron chi connectivity index (χ3n) is 6.38. The smallest absolute Gasteiger partial charge is 0.229 e. The molecule has 36 heavy (non-hydrogen) atoms. The molecule has 2 aliphatic rings. The number of nitrogens with one attached hydrogen (secondary N) is 2. The lowest BCUT2D eigenvalue weighted by Gasteiger charge is -2.36. The van der Waals surface area contributed by atoms with Crippen LogP contribution in [0.3, 0.4) is 0 Å². The van der Waals surface area contributed by atoms with Crippen LogP contribution < -0.4 is 15.4 Å². The number of sulfonamides is 1. The first-order valence-electron chi connectivity index (χ1n) is 11.6. The second kappa shape index (κ2) is 8.42. The molecule has 186 valence electrons. The second-order valence-electron chi connectivity index (χ2n) is 9.12. The number of oxazole rings is 1. The highest BCUT2D eigenvalue weighted by Gasteiger charge is 2.35. The highest BCUT2D eigenvalue weighted by molar-refractivity contribution is 7.88. The Kier molecular flexibility index (Phi) is 5.30. The average Bonchev–Trinajstić information content (AvgIpc) is 3.59. The van der Waals surface area contributed by atoms with Crippen molar-refractivity contribution in [3.8, 4) is 17.2 Å². The summed E-state index contributed by atoms with van der Waals surface area (Å²) in [6, 6.07) is 7.12. The van der Waals surface area contributed by atoms with Crippen LogP contribution in [-0.2, 0) is 14.8 Å². The quantitative estimate of drug-likeness (QED) is 0.386. The van der Waals surface area contributed by atoms with Crippen LogP contribution in [-0.4, -0.2) is 66.1 Å². The van der Waals surface area contributed by atoms with Crippen LogP contribution >= 0.6 is 0 Å². The summed E-state index contributed by atoms with van der Waals surface area (Å²) in [5, 5.41) is 7.51. The Bertz CT molecular complexity index is 1610. The Morgan fingerprint density at radius 1 is 1.14 bits per heavy atom. The number of ether oxygens (including phenoxy) is 1. The fourth-order valence-corrected chi connectivity index (χ4v) is 5.06. The van der Waals surface area contributed by atoms with Crippen LogP contribution in [0.25, 0.3) is 33.3 Å². The summed E-state index contributed by atoms with van der Waals surface area (Å²) in [4.78, 5) is 25.8. The number of benzene rings is 1. The molecular weight excluding hydrogens is 484 g/mol. The van der Waals surface area contributed by atoms with Crippen molar-refractivity contribution in [1.29, 1.82) is 0 Å². The van der Waals surface area contributed by atoms with Gasteiger partial charge in [0.05, 0.1) is 24.9 Å². The normalized spacial score (nSPS) is 16.7. The number of carbonyl (C=O) groups is 1. The molecule has 1 amide bonds. The minimum Gasteiger partial charge on any atom is -0.488 e. The summed E-state index contributed by atoms with van der Waals surface area (Å²) in [7, 11) is -1.42. The third-order valence-corrected chi connectivity index (χ3v) is 7.62. The van der Waals surface area contributed by atoms with Gasteiger partial charge in [0.1, 0.15) is 29.0 Å². The van der Waals surface area contributed by atoms with Crippen molar-refractivity contribution in [3.05, 3.63) is 36.7 Å². The van der Waals surface area contributed by atoms with Crippen LogP contribution in [0.1, 0.15) is 12.8 Å². The SMILES string of the molecule is CNc1ncc(-c2nc3cc(OC4CN(S(C)(=O)=O)C4)ccc3o2)c2cc(NC(=O)C3CC3)ncc12. The van der Waals surface area contributed by atoms with E-state index < -0.39 is 10.0 Å². The van der Waals surface area contributed by atoms with Crippen LogP contribution in [0.5, 0.6) is 5.75 Å². The predicted molar refractivity (Wildman–Crippen MR) is 134 cm³/mol. The Labute approximate surface area is 206 Å². The molecule has 1 aliphatic heterocycles. The Hall–Kier alpha value is -3.77. The van der Waals surface area contributed by atoms with Crippen molar-refractivity contribution in [3.63, 3.8) is 0 Å². The molecule has 4 heterocycles. The monoisotopic (exact) mass is 508 g/mol. The van der Waals surface area contributed by atoms with Gasteiger partial charge in [-0.05, 0) is 31.0 Å². The number of fused-ring (bicyclic) bond motifs is 2. The maximum atomic E-state index is 12.3. The maximum absolute atomic E-state index is 12.3. The lowest BCUT2D eigenvalue weighted by Crippen LogP contribution is -2.55. The van der Waals surface area contributed by atoms with Gasteiger partial charge in [0.25, 0.3) is 0 Å². The van der Waals surface area contributed by atoms with Gasteiger partial charge in [0, 0.05) is 42.2 Å². The number of rotatable bonds is 7. The summed E-state index contributed by atoms with van der Waals surface area (Å²) >= 11 is 0. The van der Waals surface area contributed by atoms with Gasteiger partial charge in [-0.25, -0.2) is 23.4 Å². The molecule has 2 N–H and O–H groups in total. The predicted octanol–water partition coefficient (Wildman–Crippen LogP) is 2.85. The summed E-state index contributed by atoms with van der Waals surface area (Å²) in [5.41, 5.74) is 1.84. The third kappa shape index (κ3) is 4.22. The van der Waals surface area contributed by atoms with Gasteiger partial charge in [-0.15, -0.1) is 0 Å². The number of aromatic nitrogens is 3. The maximum Gasteiger partial charge on any atom is 0.229 e. The molecule has 11 nitrogen and oxygen atoms in total. The molecule has 0 radical (unpaired) electrons. The summed E-state index contributed by atoms with van der Waals surface area (Å²) in [6.45, 7) is 0.647. The zero-order valence-corrected chi connectivity index (χ0v) is 20.5. The number of carbonyl (C=O) groups excluding carboxylic acids is 1. The lowest BCUT2D eigenvalue weighted by molar-refractivity contribution is -0.117. The molecule has 0 unspecified atom stereocenters. The van der Waals surface area contributed by atoms with Crippen molar-refractivity contribution in [1.82, 2.24) is 19.3 Å². The van der Waals surface area contributed by atoms with Gasteiger partial charge in [-0.2, -0.15) is 4.31 Å². The molecule has 3 aromatic heterocycles. The highest BCUT2D eigenvalue weighted by atomic mass is 32.2. The van der Waals surface area contributed by atoms with E-state index in [2.05, 4.69) is 25.6 Å². The number of anilines is 2. The topological polar surface area (TPSA) is 140 Å². The zero-order valence-electron chi connectivity index (χ0n) is 19.7. The van der Waals surface area contributed by atoms with E-state index in [4.69, 9.17) is 9.15 Å². The van der Waals surface area contributed by atoms with Gasteiger partial charge in [0.15, 0.2) is 5.58 Å². The summed E-state index contributed by atoms with van der Waals surface area (Å²) in [6.07, 6.45) is 6.15. The Morgan fingerprint density at radius 2 is 1.94 bits per heavy atom. The van der Waals surface area contributed by atoms with E-state index >= 15 is 0 Å². The summed E-state index contributed by atoms with van der Waals surface area (Å²) in [5.74, 6) is 2.12. The average molecular weight is 509 g/mol. The molecule has 4 aromatic rings. The van der Waals surface area contributed by atoms with Gasteiger partial charge in [-0.3, -0.25) is 4.79 Å². The highest BCUT2D eigenvalue weighted by Crippen LogP contribution is 2.35. The standard InChI is InChI=1S/C24H24N6O5S/c1-25-22-17-9-26-21(29-23(31)13-3-4-13)8-16(17)18(10-27-22)24-28-19-7-14(5-6-20(19)35-24)34-15-11-30(12-15)36(2,32)33/h5-10,13,15H,3-4,11-12H2,1-2H3,(H,25,27)(H,26,29,31). The molecule has 0 atom stereocenters. The molecule has 12 heteroatoms. The van der Waals surface area contributed by atoms with Crippen molar-refractivity contribution in [2.24, 2.45) is 5.92 Å². The number of hydrogen-bond donors (Lipinski definition) is 2. The van der Waals surface area contributed by atoms with E-state index in [9.17, 15) is 13.2 Å². The first-order chi connectivity index (χ1) is 17.3. The molecule has 1 saturated heterocycles. The number of amides is 1. The second-order valence-corrected chi connectivity index (χ2v) is 11.1. The largest absolute Gasteiger partial charge is 0.488 e. The molecule has 1 saturated carbocycles. The molecule has 0 bridgehead atoms. The van der Waals surface area contributed by atoms with E-state index in [-0.39, 0.29) is 17.9 Å². The fourth-order valence-electron chi connectivity index (χ4n) is 4.18. The Balaban J connectivity index is 1.31. The van der Waals surface area contributed by atoms with Crippen molar-refractivity contribution >= 4 is 49.4 Å². The van der Waals surface area contributed by atoms with Crippen LogP contribution in [0.2, 0.25) is 0 Å². The van der Waals surface area contributed by atoms with Gasteiger partial charge in [0.2, 0.25) is 21.8 Å². The molecule has 1 aromatic carbocycles. The summed E-state index contributed by atoms with van der Waals surface area (Å²) < 4.78 is 36.5. The van der Waals surface area contributed by atoms with Gasteiger partial charge < -0.3 is 19.8 Å². The number of hydrogen-bond acceptors (Lipinski definition) is 9. The molecule has 1 aliphatic carbocycles. The number of nitrogens with zero attached hydrogens (tertiary/aromatic N) is 4. The lowest BCUT2D eigenvalue weighted by atomic mass is 10.1. The van der Waals surface area contributed by atoms with Crippen molar-refractivity contribution < 1.29 is 22.4 Å². The minimum absolute atomic E-state index is 0.0215.